The van der Waals surface area contributed by atoms with Crippen molar-refractivity contribution in [1.82, 2.24) is 5.32 Å². The topological polar surface area (TPSA) is 55.1 Å². The Balaban J connectivity index is 2.77. The van der Waals surface area contributed by atoms with E-state index in [0.29, 0.717) is 17.5 Å². The van der Waals surface area contributed by atoms with Gasteiger partial charge in [0.25, 0.3) is 5.91 Å². The van der Waals surface area contributed by atoms with Crippen LogP contribution >= 0.6 is 11.6 Å². The molecule has 3 N–H and O–H groups in total. The van der Waals surface area contributed by atoms with Gasteiger partial charge in [0.1, 0.15) is 5.82 Å². The monoisotopic (exact) mass is 272 g/mol. The fourth-order valence-corrected chi connectivity index (χ4v) is 1.89. The lowest BCUT2D eigenvalue weighted by atomic mass is 10.0. The zero-order valence-corrected chi connectivity index (χ0v) is 11.3. The van der Waals surface area contributed by atoms with Gasteiger partial charge in [-0.25, -0.2) is 4.39 Å². The molecule has 0 aliphatic heterocycles. The number of carbonyl (C=O) groups is 1. The van der Waals surface area contributed by atoms with E-state index in [-0.39, 0.29) is 11.6 Å². The lowest BCUT2D eigenvalue weighted by Crippen LogP contribution is -2.41. The second kappa shape index (κ2) is 6.71. The van der Waals surface area contributed by atoms with Gasteiger partial charge < -0.3 is 11.1 Å². The van der Waals surface area contributed by atoms with Crippen LogP contribution in [0.5, 0.6) is 0 Å². The van der Waals surface area contributed by atoms with Crippen molar-refractivity contribution in [2.45, 2.75) is 26.3 Å². The Kier molecular flexibility index (Phi) is 5.56. The van der Waals surface area contributed by atoms with Crippen LogP contribution in [0.25, 0.3) is 0 Å². The van der Waals surface area contributed by atoms with Crippen LogP contribution < -0.4 is 11.1 Å². The van der Waals surface area contributed by atoms with Crippen molar-refractivity contribution in [2.24, 2.45) is 11.7 Å². The summed E-state index contributed by atoms with van der Waals surface area (Å²) in [7, 11) is 0. The number of rotatable bonds is 5. The Morgan fingerprint density at radius 3 is 2.72 bits per heavy atom. The number of hydrogen-bond acceptors (Lipinski definition) is 2. The Morgan fingerprint density at radius 1 is 1.50 bits per heavy atom. The number of halogens is 2. The van der Waals surface area contributed by atoms with E-state index in [0.717, 1.165) is 6.42 Å². The first-order valence-corrected chi connectivity index (χ1v) is 6.27. The van der Waals surface area contributed by atoms with Gasteiger partial charge in [0.15, 0.2) is 0 Å². The third-order valence-electron chi connectivity index (χ3n) is 2.55. The molecule has 1 rings (SSSR count). The van der Waals surface area contributed by atoms with E-state index in [4.69, 9.17) is 17.3 Å². The molecule has 0 fully saturated rings. The highest BCUT2D eigenvalue weighted by atomic mass is 35.5. The normalized spacial score (nSPS) is 12.6. The summed E-state index contributed by atoms with van der Waals surface area (Å²) in [5.74, 6) is -0.661. The number of nitrogens with two attached hydrogens (primary N) is 1. The number of carbonyl (C=O) groups excluding carboxylic acids is 1. The first kappa shape index (κ1) is 14.9. The van der Waals surface area contributed by atoms with Gasteiger partial charge in [-0.1, -0.05) is 25.4 Å². The van der Waals surface area contributed by atoms with Crippen molar-refractivity contribution in [3.8, 4) is 0 Å². The Bertz CT molecular complexity index is 423. The van der Waals surface area contributed by atoms with Crippen LogP contribution in [-0.2, 0) is 0 Å². The summed E-state index contributed by atoms with van der Waals surface area (Å²) in [6, 6.07) is 3.74. The van der Waals surface area contributed by atoms with E-state index >= 15 is 0 Å². The molecule has 0 aliphatic rings. The van der Waals surface area contributed by atoms with Crippen LogP contribution in [0.3, 0.4) is 0 Å². The van der Waals surface area contributed by atoms with Crippen LogP contribution in [0.15, 0.2) is 18.2 Å². The Labute approximate surface area is 112 Å². The first-order valence-electron chi connectivity index (χ1n) is 5.90. The Hall–Kier alpha value is -1.13. The second-order valence-corrected chi connectivity index (χ2v) is 5.10. The van der Waals surface area contributed by atoms with Gasteiger partial charge in [0.2, 0.25) is 0 Å². The van der Waals surface area contributed by atoms with Gasteiger partial charge in [-0.15, -0.1) is 0 Å². The number of benzene rings is 1. The molecule has 100 valence electrons. The molecule has 1 amide bonds. The number of amides is 1. The highest BCUT2D eigenvalue weighted by Crippen LogP contribution is 2.15. The lowest BCUT2D eigenvalue weighted by molar-refractivity contribution is 0.0929. The lowest BCUT2D eigenvalue weighted by Gasteiger charge is -2.19. The first-order chi connectivity index (χ1) is 8.43. The summed E-state index contributed by atoms with van der Waals surface area (Å²) < 4.78 is 13.5. The van der Waals surface area contributed by atoms with E-state index in [1.54, 1.807) is 0 Å². The summed E-state index contributed by atoms with van der Waals surface area (Å²) in [4.78, 5) is 11.9. The zero-order valence-electron chi connectivity index (χ0n) is 10.5. The van der Waals surface area contributed by atoms with E-state index in [1.165, 1.54) is 18.2 Å². The molecule has 0 aromatic heterocycles. The predicted octanol–water partition coefficient (Wildman–Crippen LogP) is 2.58. The Morgan fingerprint density at radius 2 is 2.17 bits per heavy atom. The van der Waals surface area contributed by atoms with E-state index < -0.39 is 11.7 Å². The molecule has 18 heavy (non-hydrogen) atoms. The van der Waals surface area contributed by atoms with E-state index in [1.807, 2.05) is 13.8 Å². The van der Waals surface area contributed by atoms with Crippen LogP contribution in [-0.4, -0.2) is 18.5 Å². The van der Waals surface area contributed by atoms with Crippen LogP contribution in [0.2, 0.25) is 5.02 Å². The van der Waals surface area contributed by atoms with Crippen molar-refractivity contribution in [3.63, 3.8) is 0 Å². The summed E-state index contributed by atoms with van der Waals surface area (Å²) in [6.07, 6.45) is 0.754. The molecule has 0 radical (unpaired) electrons. The molecule has 0 aliphatic carbocycles. The molecule has 0 spiro atoms. The van der Waals surface area contributed by atoms with Gasteiger partial charge >= 0.3 is 0 Å². The maximum absolute atomic E-state index is 13.5. The second-order valence-electron chi connectivity index (χ2n) is 4.66. The van der Waals surface area contributed by atoms with E-state index in [2.05, 4.69) is 5.32 Å². The average molecular weight is 273 g/mol. The van der Waals surface area contributed by atoms with Crippen LogP contribution in [0.4, 0.5) is 4.39 Å². The standard InChI is InChI=1S/C13H18ClFN2O/c1-8(2)5-10(7-16)17-13(18)11-6-9(14)3-4-12(11)15/h3-4,6,8,10H,5,7,16H2,1-2H3,(H,17,18). The number of nitrogens with one attached hydrogen (secondary N) is 1. The molecule has 0 bridgehead atoms. The highest BCUT2D eigenvalue weighted by molar-refractivity contribution is 6.31. The van der Waals surface area contributed by atoms with E-state index in [9.17, 15) is 9.18 Å². The van der Waals surface area contributed by atoms with Gasteiger partial charge in [-0.2, -0.15) is 0 Å². The third kappa shape index (κ3) is 4.27. The maximum atomic E-state index is 13.5. The van der Waals surface area contributed by atoms with Crippen molar-refractivity contribution in [3.05, 3.63) is 34.6 Å². The molecule has 0 heterocycles. The summed E-state index contributed by atoms with van der Waals surface area (Å²) in [5, 5.41) is 3.05. The van der Waals surface area contributed by atoms with Crippen molar-refractivity contribution in [2.75, 3.05) is 6.54 Å². The molecule has 0 saturated carbocycles. The van der Waals surface area contributed by atoms with Crippen molar-refractivity contribution < 1.29 is 9.18 Å². The molecule has 1 unspecified atom stereocenters. The van der Waals surface area contributed by atoms with Gasteiger partial charge in [-0.05, 0) is 30.5 Å². The molecule has 3 nitrogen and oxygen atoms in total. The maximum Gasteiger partial charge on any atom is 0.254 e. The van der Waals surface area contributed by atoms with Gasteiger partial charge in [0, 0.05) is 17.6 Å². The van der Waals surface area contributed by atoms with Gasteiger partial charge in [-0.3, -0.25) is 4.79 Å². The molecule has 1 aromatic carbocycles. The molecular weight excluding hydrogens is 255 g/mol. The molecule has 1 aromatic rings. The molecule has 1 atom stereocenters. The molecule has 0 saturated heterocycles. The molecule has 5 heteroatoms. The van der Waals surface area contributed by atoms with Crippen LogP contribution in [0, 0.1) is 11.7 Å². The van der Waals surface area contributed by atoms with Crippen molar-refractivity contribution >= 4 is 17.5 Å². The SMILES string of the molecule is CC(C)CC(CN)NC(=O)c1cc(Cl)ccc1F. The summed E-state index contributed by atoms with van der Waals surface area (Å²) in [5.41, 5.74) is 5.53. The fourth-order valence-electron chi connectivity index (χ4n) is 1.72. The smallest absolute Gasteiger partial charge is 0.254 e. The van der Waals surface area contributed by atoms with Crippen LogP contribution in [0.1, 0.15) is 30.6 Å². The minimum absolute atomic E-state index is 0.0512. The third-order valence-corrected chi connectivity index (χ3v) is 2.78. The number of hydrogen-bond donors (Lipinski definition) is 2. The fraction of sp³-hybridized carbons (Fsp3) is 0.462. The van der Waals surface area contributed by atoms with Crippen molar-refractivity contribution in [1.29, 1.82) is 0 Å². The molecular formula is C13H18ClFN2O. The minimum Gasteiger partial charge on any atom is -0.348 e. The highest BCUT2D eigenvalue weighted by Gasteiger charge is 2.17. The predicted molar refractivity (Wildman–Crippen MR) is 71.2 cm³/mol. The zero-order chi connectivity index (χ0) is 13.7. The largest absolute Gasteiger partial charge is 0.348 e. The minimum atomic E-state index is -0.586. The van der Waals surface area contributed by atoms with Gasteiger partial charge in [0.05, 0.1) is 5.56 Å². The quantitative estimate of drug-likeness (QED) is 0.866. The summed E-state index contributed by atoms with van der Waals surface area (Å²) in [6.45, 7) is 4.40. The average Bonchev–Trinajstić information content (AvgIpc) is 2.30. The summed E-state index contributed by atoms with van der Waals surface area (Å²) >= 11 is 5.74.